The maximum Gasteiger partial charge on any atom is 0.535 e. The third-order valence-electron chi connectivity index (χ3n) is 0.558. The Morgan fingerprint density at radius 1 is 1.33 bits per heavy atom. The molecule has 0 aromatic heterocycles. The summed E-state index contributed by atoms with van der Waals surface area (Å²) in [4.78, 5) is 0. The van der Waals surface area contributed by atoms with Crippen LogP contribution < -0.4 is 0 Å². The molecule has 0 amide bonds. The van der Waals surface area contributed by atoms with Crippen molar-refractivity contribution in [3.63, 3.8) is 0 Å². The quantitative estimate of drug-likeness (QED) is 0.349. The summed E-state index contributed by atoms with van der Waals surface area (Å²) in [5.74, 6) is 3.13. The average molecular weight is 198 g/mol. The van der Waals surface area contributed by atoms with Crippen molar-refractivity contribution in [2.24, 2.45) is 0 Å². The monoisotopic (exact) mass is 198 g/mol. The Morgan fingerprint density at radius 3 is 2.17 bits per heavy atom. The van der Waals surface area contributed by atoms with Gasteiger partial charge in [-0.05, 0) is 5.92 Å². The molecule has 0 aliphatic carbocycles. The van der Waals surface area contributed by atoms with Crippen LogP contribution in [-0.4, -0.2) is 13.9 Å². The van der Waals surface area contributed by atoms with Gasteiger partial charge in [0, 0.05) is 5.92 Å². The molecule has 0 N–H and O–H groups in total. The van der Waals surface area contributed by atoms with Gasteiger partial charge in [0.2, 0.25) is 0 Å². The highest BCUT2D eigenvalue weighted by Crippen LogP contribution is 2.23. The van der Waals surface area contributed by atoms with Crippen molar-refractivity contribution in [3.8, 4) is 24.4 Å². The number of halogens is 3. The van der Waals surface area contributed by atoms with Crippen LogP contribution in [0, 0.1) is 24.4 Å². The minimum atomic E-state index is -5.64. The number of terminal acetylenes is 1. The minimum absolute atomic E-state index is 1.19. The van der Waals surface area contributed by atoms with E-state index in [0.29, 0.717) is 0 Å². The molecule has 0 rings (SSSR count). The van der Waals surface area contributed by atoms with Crippen LogP contribution >= 0.6 is 0 Å². The van der Waals surface area contributed by atoms with Crippen molar-refractivity contribution in [2.45, 2.75) is 5.51 Å². The van der Waals surface area contributed by atoms with E-state index in [1.807, 2.05) is 0 Å². The SMILES string of the molecule is C#CC#COS(=O)(=O)C(F)(F)F. The molecule has 0 aliphatic rings. The Balaban J connectivity index is 4.61. The summed E-state index contributed by atoms with van der Waals surface area (Å²) in [6, 6.07) is 0. The van der Waals surface area contributed by atoms with Gasteiger partial charge in [-0.25, -0.2) is 0 Å². The fraction of sp³-hybridized carbons (Fsp3) is 0.200. The highest BCUT2D eigenvalue weighted by atomic mass is 32.2. The number of alkyl halides is 3. The molecule has 0 bridgehead atoms. The van der Waals surface area contributed by atoms with E-state index in [-0.39, 0.29) is 0 Å². The number of rotatable bonds is 1. The van der Waals surface area contributed by atoms with Gasteiger partial charge in [0.1, 0.15) is 6.11 Å². The summed E-state index contributed by atoms with van der Waals surface area (Å²) in [5.41, 5.74) is -5.48. The Bertz CT molecular complexity index is 348. The molecule has 0 aliphatic heterocycles. The maximum atomic E-state index is 11.4. The van der Waals surface area contributed by atoms with E-state index in [4.69, 9.17) is 0 Å². The molecule has 0 unspecified atom stereocenters. The standard InChI is InChI=1S/C5HF3O3S/c1-2-3-4-11-12(9,10)5(6,7)8/h1H. The van der Waals surface area contributed by atoms with Gasteiger partial charge in [0.05, 0.1) is 0 Å². The number of hydrogen-bond donors (Lipinski definition) is 0. The zero-order valence-corrected chi connectivity index (χ0v) is 6.16. The van der Waals surface area contributed by atoms with Crippen LogP contribution in [0.25, 0.3) is 0 Å². The zero-order chi connectivity index (χ0) is 9.83. The molecule has 3 nitrogen and oxygen atoms in total. The molecule has 0 atom stereocenters. The first-order valence-corrected chi connectivity index (χ1v) is 3.67. The Hall–Kier alpha value is -1.34. The summed E-state index contributed by atoms with van der Waals surface area (Å²) in [5, 5.41) is 0. The van der Waals surface area contributed by atoms with Crippen molar-refractivity contribution >= 4 is 10.1 Å². The van der Waals surface area contributed by atoms with E-state index in [2.05, 4.69) is 10.6 Å². The van der Waals surface area contributed by atoms with Crippen LogP contribution in [0.3, 0.4) is 0 Å². The van der Waals surface area contributed by atoms with Crippen molar-refractivity contribution in [1.29, 1.82) is 0 Å². The van der Waals surface area contributed by atoms with Gasteiger partial charge in [-0.2, -0.15) is 21.6 Å². The molecule has 0 aromatic carbocycles. The first-order valence-electron chi connectivity index (χ1n) is 2.26. The lowest BCUT2D eigenvalue weighted by atomic mass is 10.7. The van der Waals surface area contributed by atoms with Crippen LogP contribution in [0.5, 0.6) is 0 Å². The molecule has 0 aromatic rings. The highest BCUT2D eigenvalue weighted by molar-refractivity contribution is 7.87. The molecule has 0 fully saturated rings. The summed E-state index contributed by atoms with van der Waals surface area (Å²) in [7, 11) is -5.64. The Labute approximate surface area is 66.6 Å². The van der Waals surface area contributed by atoms with Crippen LogP contribution in [0.4, 0.5) is 13.2 Å². The van der Waals surface area contributed by atoms with Crippen molar-refractivity contribution in [2.75, 3.05) is 0 Å². The molecule has 0 saturated carbocycles. The fourth-order valence-electron chi connectivity index (χ4n) is 0.152. The second-order valence-electron chi connectivity index (χ2n) is 1.35. The normalized spacial score (nSPS) is 10.8. The van der Waals surface area contributed by atoms with Gasteiger partial charge in [-0.3, -0.25) is 0 Å². The third-order valence-corrected chi connectivity index (χ3v) is 1.43. The van der Waals surface area contributed by atoms with Gasteiger partial charge in [-0.15, -0.1) is 6.42 Å². The van der Waals surface area contributed by atoms with Crippen molar-refractivity contribution < 1.29 is 25.8 Å². The van der Waals surface area contributed by atoms with Crippen LogP contribution in [0.1, 0.15) is 0 Å². The van der Waals surface area contributed by atoms with E-state index in [0.717, 1.165) is 0 Å². The van der Waals surface area contributed by atoms with E-state index >= 15 is 0 Å². The number of hydrogen-bond acceptors (Lipinski definition) is 3. The Kier molecular flexibility index (Phi) is 2.99. The minimum Gasteiger partial charge on any atom is -0.320 e. The smallest absolute Gasteiger partial charge is 0.320 e. The van der Waals surface area contributed by atoms with Gasteiger partial charge in [-0.1, -0.05) is 0 Å². The van der Waals surface area contributed by atoms with Crippen molar-refractivity contribution in [1.82, 2.24) is 0 Å². The molecule has 0 radical (unpaired) electrons. The van der Waals surface area contributed by atoms with Gasteiger partial charge < -0.3 is 4.18 Å². The van der Waals surface area contributed by atoms with E-state index in [1.165, 1.54) is 6.11 Å². The molecule has 12 heavy (non-hydrogen) atoms. The Morgan fingerprint density at radius 2 is 1.83 bits per heavy atom. The molecule has 0 spiro atoms. The molecule has 66 valence electrons. The van der Waals surface area contributed by atoms with Crippen LogP contribution in [0.15, 0.2) is 0 Å². The van der Waals surface area contributed by atoms with Gasteiger partial charge >= 0.3 is 15.6 Å². The molecule has 7 heteroatoms. The zero-order valence-electron chi connectivity index (χ0n) is 5.34. The van der Waals surface area contributed by atoms with Crippen LogP contribution in [0.2, 0.25) is 0 Å². The third kappa shape index (κ3) is 2.72. The topological polar surface area (TPSA) is 43.4 Å². The lowest BCUT2D eigenvalue weighted by Crippen LogP contribution is -2.23. The molecule has 0 heterocycles. The second-order valence-corrected chi connectivity index (χ2v) is 2.89. The van der Waals surface area contributed by atoms with E-state index in [1.54, 1.807) is 11.8 Å². The molecular weight excluding hydrogens is 197 g/mol. The lowest BCUT2D eigenvalue weighted by molar-refractivity contribution is -0.0509. The van der Waals surface area contributed by atoms with Gasteiger partial charge in [0.25, 0.3) is 0 Å². The lowest BCUT2D eigenvalue weighted by Gasteiger charge is -2.02. The highest BCUT2D eigenvalue weighted by Gasteiger charge is 2.48. The first-order chi connectivity index (χ1) is 5.31. The average Bonchev–Trinajstić information content (AvgIpc) is 1.85. The summed E-state index contributed by atoms with van der Waals surface area (Å²) in [6.07, 6.45) is 5.68. The fourth-order valence-corrected chi connectivity index (χ4v) is 0.398. The van der Waals surface area contributed by atoms with E-state index < -0.39 is 15.6 Å². The second kappa shape index (κ2) is 3.37. The summed E-state index contributed by atoms with van der Waals surface area (Å²) >= 11 is 0. The summed E-state index contributed by atoms with van der Waals surface area (Å²) < 4.78 is 57.5. The van der Waals surface area contributed by atoms with Crippen LogP contribution in [-0.2, 0) is 14.3 Å². The van der Waals surface area contributed by atoms with Crippen molar-refractivity contribution in [3.05, 3.63) is 0 Å². The maximum absolute atomic E-state index is 11.4. The molecule has 0 saturated heterocycles. The van der Waals surface area contributed by atoms with Gasteiger partial charge in [0.15, 0.2) is 0 Å². The summed E-state index contributed by atoms with van der Waals surface area (Å²) in [6.45, 7) is 0. The first kappa shape index (κ1) is 10.7. The molecular formula is C5HF3O3S. The predicted octanol–water partition coefficient (Wildman–Crippen LogP) is 0.447. The predicted molar refractivity (Wildman–Crippen MR) is 32.7 cm³/mol. The van der Waals surface area contributed by atoms with E-state index in [9.17, 15) is 21.6 Å². The largest absolute Gasteiger partial charge is 0.535 e.